The summed E-state index contributed by atoms with van der Waals surface area (Å²) in [6, 6.07) is 21.9. The van der Waals surface area contributed by atoms with E-state index in [1.807, 2.05) is 62.6 Å². The Bertz CT molecular complexity index is 1290. The maximum absolute atomic E-state index is 12.6. The van der Waals surface area contributed by atoms with E-state index in [-0.39, 0.29) is 18.7 Å². The van der Waals surface area contributed by atoms with Gasteiger partial charge in [0.05, 0.1) is 0 Å². The van der Waals surface area contributed by atoms with Crippen molar-refractivity contribution in [3.63, 3.8) is 0 Å². The summed E-state index contributed by atoms with van der Waals surface area (Å²) in [4.78, 5) is 27.1. The summed E-state index contributed by atoms with van der Waals surface area (Å²) in [5.74, 6) is 2.37. The molecule has 0 unspecified atom stereocenters. The lowest BCUT2D eigenvalue weighted by molar-refractivity contribution is -0.122. The Labute approximate surface area is 246 Å². The number of ether oxygens (including phenoxy) is 2. The molecule has 1 aliphatic carbocycles. The Morgan fingerprint density at radius 1 is 0.951 bits per heavy atom. The van der Waals surface area contributed by atoms with Crippen molar-refractivity contribution in [2.45, 2.75) is 59.8 Å². The molecule has 0 aromatic heterocycles. The minimum atomic E-state index is -0.0988. The first-order chi connectivity index (χ1) is 19.2. The fourth-order valence-electron chi connectivity index (χ4n) is 4.68. The number of para-hydroxylation sites is 2. The van der Waals surface area contributed by atoms with Crippen LogP contribution in [0.1, 0.15) is 74.9 Å². The van der Waals surface area contributed by atoms with Crippen molar-refractivity contribution in [1.29, 1.82) is 0 Å². The van der Waals surface area contributed by atoms with Gasteiger partial charge in [-0.1, -0.05) is 70.7 Å². The van der Waals surface area contributed by atoms with Gasteiger partial charge in [-0.3, -0.25) is 9.59 Å². The van der Waals surface area contributed by atoms with Gasteiger partial charge in [0.15, 0.2) is 11.5 Å². The van der Waals surface area contributed by atoms with Crippen molar-refractivity contribution in [2.75, 3.05) is 34.0 Å². The van der Waals surface area contributed by atoms with Crippen molar-refractivity contribution in [3.05, 3.63) is 83.4 Å². The number of fused-ring (bicyclic) bond motifs is 1. The topological polar surface area (TPSA) is 67.9 Å². The van der Waals surface area contributed by atoms with E-state index in [1.54, 1.807) is 0 Å². The Kier molecular flexibility index (Phi) is 11.1. The van der Waals surface area contributed by atoms with Crippen LogP contribution in [-0.4, -0.2) is 50.6 Å². The lowest BCUT2D eigenvalue weighted by atomic mass is 9.88. The molecule has 41 heavy (non-hydrogen) atoms. The Morgan fingerprint density at radius 3 is 2.15 bits per heavy atom. The van der Waals surface area contributed by atoms with Crippen molar-refractivity contribution >= 4 is 11.7 Å². The maximum atomic E-state index is 12.6. The maximum Gasteiger partial charge on any atom is 0.251 e. The predicted molar refractivity (Wildman–Crippen MR) is 167 cm³/mol. The second-order valence-corrected chi connectivity index (χ2v) is 11.6. The zero-order valence-corrected chi connectivity index (χ0v) is 24.5. The van der Waals surface area contributed by atoms with E-state index in [0.29, 0.717) is 37.0 Å². The summed E-state index contributed by atoms with van der Waals surface area (Å²) in [5.41, 5.74) is 5.14. The van der Waals surface area contributed by atoms with Gasteiger partial charge in [0, 0.05) is 23.9 Å². The monoisotopic (exact) mass is 558 g/mol. The fourth-order valence-corrected chi connectivity index (χ4v) is 4.68. The molecule has 3 aromatic carbocycles. The van der Waals surface area contributed by atoms with E-state index in [2.05, 4.69) is 49.2 Å². The van der Waals surface area contributed by atoms with Gasteiger partial charge in [0.25, 0.3) is 5.91 Å². The summed E-state index contributed by atoms with van der Waals surface area (Å²) in [5, 5.41) is 2.99. The minimum Gasteiger partial charge on any atom is -0.454 e. The predicted octanol–water partition coefficient (Wildman–Crippen LogP) is 7.12. The Balaban J connectivity index is 0.000000388. The molecule has 0 radical (unpaired) electrons. The molecule has 0 saturated heterocycles. The normalized spacial score (nSPS) is 14.1. The average Bonchev–Trinajstić information content (AvgIpc) is 3.52. The van der Waals surface area contributed by atoms with Gasteiger partial charge in [0.1, 0.15) is 5.78 Å². The van der Waals surface area contributed by atoms with Crippen molar-refractivity contribution in [2.24, 2.45) is 5.41 Å². The van der Waals surface area contributed by atoms with E-state index in [9.17, 15) is 9.59 Å². The highest BCUT2D eigenvalue weighted by Crippen LogP contribution is 2.46. The molecule has 1 saturated carbocycles. The second kappa shape index (κ2) is 14.3. The first-order valence-corrected chi connectivity index (χ1v) is 14.2. The molecule has 6 nitrogen and oxygen atoms in total. The molecule has 2 aliphatic rings. The van der Waals surface area contributed by atoms with Gasteiger partial charge in [0.2, 0.25) is 6.79 Å². The molecule has 1 heterocycles. The van der Waals surface area contributed by atoms with E-state index >= 15 is 0 Å². The standard InChI is InChI=1S/C27H36N2O2.C7H6O2.CH4/c1-19(2)23-12-7-20(18-25(30)27(3)13-14-27)17-24(23)21-8-10-22(11-9-21)26(31)28-15-6-16-29(4)5;1-2-4-7-6(3-1)8-5-9-7;/h7-12,17,19H,6,13-16,18H2,1-5H3,(H,28,31);1-4H,5H2;1H4. The van der Waals surface area contributed by atoms with Gasteiger partial charge in [-0.2, -0.15) is 0 Å². The van der Waals surface area contributed by atoms with Gasteiger partial charge in [-0.15, -0.1) is 0 Å². The highest BCUT2D eigenvalue weighted by atomic mass is 16.7. The highest BCUT2D eigenvalue weighted by Gasteiger charge is 2.43. The summed E-state index contributed by atoms with van der Waals surface area (Å²) in [7, 11) is 4.06. The zero-order chi connectivity index (χ0) is 28.7. The highest BCUT2D eigenvalue weighted by molar-refractivity contribution is 5.94. The lowest BCUT2D eigenvalue weighted by Gasteiger charge is -2.16. The molecule has 220 valence electrons. The third-order valence-corrected chi connectivity index (χ3v) is 7.58. The van der Waals surface area contributed by atoms with Gasteiger partial charge < -0.3 is 19.7 Å². The number of benzene rings is 3. The van der Waals surface area contributed by atoms with Crippen LogP contribution in [0.5, 0.6) is 11.5 Å². The number of hydrogen-bond acceptors (Lipinski definition) is 5. The first kappa shape index (κ1) is 31.9. The van der Waals surface area contributed by atoms with Crippen molar-refractivity contribution in [1.82, 2.24) is 10.2 Å². The largest absolute Gasteiger partial charge is 0.454 e. The number of nitrogens with zero attached hydrogens (tertiary/aromatic N) is 1. The van der Waals surface area contributed by atoms with Crippen LogP contribution >= 0.6 is 0 Å². The fraction of sp³-hybridized carbons (Fsp3) is 0.429. The van der Waals surface area contributed by atoms with E-state index in [4.69, 9.17) is 9.47 Å². The average molecular weight is 559 g/mol. The molecule has 0 spiro atoms. The molecule has 0 bridgehead atoms. The number of carbonyl (C=O) groups is 2. The van der Waals surface area contributed by atoms with E-state index in [1.165, 1.54) is 5.56 Å². The lowest BCUT2D eigenvalue weighted by Crippen LogP contribution is -2.27. The third kappa shape index (κ3) is 8.67. The number of Topliss-reactive ketones (excluding diaryl/α,β-unsaturated/α-hetero) is 1. The molecule has 3 aromatic rings. The van der Waals surface area contributed by atoms with Crippen LogP contribution in [0.3, 0.4) is 0 Å². The van der Waals surface area contributed by atoms with E-state index < -0.39 is 0 Å². The summed E-state index contributed by atoms with van der Waals surface area (Å²) >= 11 is 0. The van der Waals surface area contributed by atoms with E-state index in [0.717, 1.165) is 54.0 Å². The molecule has 1 aliphatic heterocycles. The van der Waals surface area contributed by atoms with Crippen molar-refractivity contribution < 1.29 is 19.1 Å². The van der Waals surface area contributed by atoms with Gasteiger partial charge in [-0.25, -0.2) is 0 Å². The molecule has 5 rings (SSSR count). The van der Waals surface area contributed by atoms with Gasteiger partial charge in [-0.05, 0) is 92.3 Å². The number of ketones is 1. The van der Waals surface area contributed by atoms with Crippen LogP contribution in [-0.2, 0) is 11.2 Å². The SMILES string of the molecule is C.CC(C)c1ccc(CC(=O)C2(C)CC2)cc1-c1ccc(C(=O)NCCCN(C)C)cc1.c1ccc2c(c1)OCO2. The van der Waals surface area contributed by atoms with Crippen LogP contribution in [0.15, 0.2) is 66.7 Å². The Hall–Kier alpha value is -3.64. The summed E-state index contributed by atoms with van der Waals surface area (Å²) in [6.07, 6.45) is 3.46. The number of carbonyl (C=O) groups excluding carboxylic acids is 2. The van der Waals surface area contributed by atoms with Crippen LogP contribution in [0.25, 0.3) is 11.1 Å². The molecule has 1 amide bonds. The second-order valence-electron chi connectivity index (χ2n) is 11.6. The third-order valence-electron chi connectivity index (χ3n) is 7.58. The molecule has 6 heteroatoms. The van der Waals surface area contributed by atoms with Crippen LogP contribution in [0.2, 0.25) is 0 Å². The molecule has 0 atom stereocenters. The number of hydrogen-bond donors (Lipinski definition) is 1. The molecular weight excluding hydrogens is 512 g/mol. The quantitative estimate of drug-likeness (QED) is 0.268. The molecular formula is C35H46N2O4. The number of nitrogens with one attached hydrogen (secondary N) is 1. The number of amides is 1. The Morgan fingerprint density at radius 2 is 1.59 bits per heavy atom. The number of rotatable bonds is 10. The molecule has 1 N–H and O–H groups in total. The minimum absolute atomic E-state index is 0. The summed E-state index contributed by atoms with van der Waals surface area (Å²) < 4.78 is 10.2. The van der Waals surface area contributed by atoms with Crippen LogP contribution in [0.4, 0.5) is 0 Å². The van der Waals surface area contributed by atoms with Crippen molar-refractivity contribution in [3.8, 4) is 22.6 Å². The molecule has 1 fully saturated rings. The smallest absolute Gasteiger partial charge is 0.251 e. The van der Waals surface area contributed by atoms with Crippen LogP contribution < -0.4 is 14.8 Å². The first-order valence-electron chi connectivity index (χ1n) is 14.2. The zero-order valence-electron chi connectivity index (χ0n) is 24.5. The van der Waals surface area contributed by atoms with Crippen LogP contribution in [0, 0.1) is 5.41 Å². The summed E-state index contributed by atoms with van der Waals surface area (Å²) in [6.45, 7) is 8.43. The van der Waals surface area contributed by atoms with Gasteiger partial charge >= 0.3 is 0 Å².